The van der Waals surface area contributed by atoms with Crippen molar-refractivity contribution in [2.75, 3.05) is 6.61 Å². The number of aromatic amines is 1. The third kappa shape index (κ3) is 4.33. The van der Waals surface area contributed by atoms with Crippen LogP contribution >= 0.6 is 11.3 Å². The van der Waals surface area contributed by atoms with E-state index in [1.807, 2.05) is 27.7 Å². The highest BCUT2D eigenvalue weighted by Crippen LogP contribution is 2.36. The van der Waals surface area contributed by atoms with Crippen molar-refractivity contribution in [1.29, 1.82) is 0 Å². The standard InChI is InChI=1S/C24H31N3O3S/c1-13(2)12-30-19-10-25-16(9-18(19)28)11-27-22(14(3)4)26-23-21(24(27)29)17-7-6-15(5)8-20(17)31-23/h9-10,13-15H,6-8,11-12H2,1-5H3,(H,25,28). The highest BCUT2D eigenvalue weighted by Gasteiger charge is 2.25. The minimum Gasteiger partial charge on any atom is -0.488 e. The molecular weight excluding hydrogens is 410 g/mol. The zero-order valence-corrected chi connectivity index (χ0v) is 19.8. The average molecular weight is 442 g/mol. The summed E-state index contributed by atoms with van der Waals surface area (Å²) in [5, 5.41) is 0.774. The van der Waals surface area contributed by atoms with Gasteiger partial charge in [-0.3, -0.25) is 14.2 Å². The fourth-order valence-corrected chi connectivity index (χ4v) is 5.54. The molecule has 1 atom stereocenters. The van der Waals surface area contributed by atoms with E-state index in [4.69, 9.17) is 9.72 Å². The second kappa shape index (κ2) is 8.61. The van der Waals surface area contributed by atoms with Crippen LogP contribution in [-0.4, -0.2) is 21.1 Å². The molecule has 166 valence electrons. The van der Waals surface area contributed by atoms with Crippen molar-refractivity contribution in [2.24, 2.45) is 11.8 Å². The Morgan fingerprint density at radius 2 is 2.06 bits per heavy atom. The largest absolute Gasteiger partial charge is 0.488 e. The van der Waals surface area contributed by atoms with Crippen LogP contribution in [0.15, 0.2) is 21.9 Å². The molecule has 0 saturated carbocycles. The van der Waals surface area contributed by atoms with E-state index in [9.17, 15) is 9.59 Å². The summed E-state index contributed by atoms with van der Waals surface area (Å²) in [4.78, 5) is 36.3. The Hall–Kier alpha value is -2.41. The lowest BCUT2D eigenvalue weighted by Crippen LogP contribution is -2.28. The molecule has 0 aromatic carbocycles. The number of hydrogen-bond acceptors (Lipinski definition) is 5. The summed E-state index contributed by atoms with van der Waals surface area (Å²) in [6.45, 7) is 11.2. The lowest BCUT2D eigenvalue weighted by atomic mass is 9.89. The van der Waals surface area contributed by atoms with Gasteiger partial charge in [-0.15, -0.1) is 11.3 Å². The molecular formula is C24H31N3O3S. The summed E-state index contributed by atoms with van der Waals surface area (Å²) in [6, 6.07) is 1.53. The second-order valence-corrected chi connectivity index (χ2v) is 10.5. The molecule has 0 fully saturated rings. The van der Waals surface area contributed by atoms with Crippen LogP contribution in [0.25, 0.3) is 10.2 Å². The Morgan fingerprint density at radius 1 is 1.29 bits per heavy atom. The Bertz CT molecular complexity index is 1220. The molecule has 3 aromatic rings. The first-order valence-electron chi connectivity index (χ1n) is 11.1. The summed E-state index contributed by atoms with van der Waals surface area (Å²) in [7, 11) is 0. The normalized spacial score (nSPS) is 16.3. The number of nitrogens with one attached hydrogen (secondary N) is 1. The van der Waals surface area contributed by atoms with Gasteiger partial charge in [0.2, 0.25) is 5.43 Å². The van der Waals surface area contributed by atoms with Crippen molar-refractivity contribution in [1.82, 2.24) is 14.5 Å². The van der Waals surface area contributed by atoms with Crippen molar-refractivity contribution >= 4 is 21.6 Å². The molecule has 1 unspecified atom stereocenters. The van der Waals surface area contributed by atoms with Crippen molar-refractivity contribution in [3.05, 3.63) is 54.8 Å². The number of ether oxygens (including phenoxy) is 1. The first-order valence-corrected chi connectivity index (χ1v) is 12.0. The Morgan fingerprint density at radius 3 is 2.74 bits per heavy atom. The van der Waals surface area contributed by atoms with Gasteiger partial charge >= 0.3 is 0 Å². The zero-order chi connectivity index (χ0) is 22.3. The fraction of sp³-hybridized carbons (Fsp3) is 0.542. The highest BCUT2D eigenvalue weighted by molar-refractivity contribution is 7.18. The number of rotatable bonds is 6. The topological polar surface area (TPSA) is 77.0 Å². The van der Waals surface area contributed by atoms with Gasteiger partial charge in [-0.05, 0) is 36.7 Å². The molecule has 31 heavy (non-hydrogen) atoms. The Balaban J connectivity index is 1.75. The number of nitrogens with zero attached hydrogens (tertiary/aromatic N) is 2. The van der Waals surface area contributed by atoms with Gasteiger partial charge in [0, 0.05) is 28.8 Å². The van der Waals surface area contributed by atoms with E-state index in [2.05, 4.69) is 11.9 Å². The molecule has 1 aliphatic carbocycles. The maximum Gasteiger partial charge on any atom is 0.262 e. The predicted octanol–water partition coefficient (Wildman–Crippen LogP) is 4.48. The Kier molecular flexibility index (Phi) is 6.06. The summed E-state index contributed by atoms with van der Waals surface area (Å²) in [5.41, 5.74) is 1.68. The molecule has 6 nitrogen and oxygen atoms in total. The molecule has 3 heterocycles. The monoisotopic (exact) mass is 441 g/mol. The summed E-state index contributed by atoms with van der Waals surface area (Å²) in [6.07, 6.45) is 4.67. The van der Waals surface area contributed by atoms with Crippen LogP contribution < -0.4 is 15.7 Å². The van der Waals surface area contributed by atoms with Crippen LogP contribution in [-0.2, 0) is 19.4 Å². The van der Waals surface area contributed by atoms with Gasteiger partial charge in [0.15, 0.2) is 5.75 Å². The van der Waals surface area contributed by atoms with Crippen LogP contribution in [0.4, 0.5) is 0 Å². The second-order valence-electron chi connectivity index (χ2n) is 9.44. The highest BCUT2D eigenvalue weighted by atomic mass is 32.1. The molecule has 0 bridgehead atoms. The van der Waals surface area contributed by atoms with Gasteiger partial charge in [0.25, 0.3) is 5.56 Å². The molecule has 0 radical (unpaired) electrons. The first-order chi connectivity index (χ1) is 14.7. The zero-order valence-electron chi connectivity index (χ0n) is 18.9. The van der Waals surface area contributed by atoms with Gasteiger partial charge in [-0.1, -0.05) is 34.6 Å². The van der Waals surface area contributed by atoms with Crippen LogP contribution in [0.1, 0.15) is 68.9 Å². The van der Waals surface area contributed by atoms with E-state index in [1.54, 1.807) is 22.1 Å². The first kappa shape index (κ1) is 21.8. The molecule has 0 amide bonds. The van der Waals surface area contributed by atoms with E-state index in [0.717, 1.165) is 35.3 Å². The molecule has 7 heteroatoms. The number of thiophene rings is 1. The molecule has 3 aromatic heterocycles. The summed E-state index contributed by atoms with van der Waals surface area (Å²) in [5.74, 6) is 2.14. The van der Waals surface area contributed by atoms with E-state index < -0.39 is 0 Å². The van der Waals surface area contributed by atoms with Gasteiger partial charge in [-0.2, -0.15) is 0 Å². The van der Waals surface area contributed by atoms with E-state index in [-0.39, 0.29) is 23.5 Å². The van der Waals surface area contributed by atoms with Crippen LogP contribution in [0.5, 0.6) is 5.75 Å². The van der Waals surface area contributed by atoms with Gasteiger partial charge in [0.1, 0.15) is 10.7 Å². The molecule has 0 saturated heterocycles. The summed E-state index contributed by atoms with van der Waals surface area (Å²) >= 11 is 1.68. The lowest BCUT2D eigenvalue weighted by Gasteiger charge is -2.18. The quantitative estimate of drug-likeness (QED) is 0.612. The van der Waals surface area contributed by atoms with Gasteiger partial charge in [0.05, 0.1) is 18.5 Å². The minimum absolute atomic E-state index is 0.00161. The third-order valence-corrected chi connectivity index (χ3v) is 6.95. The SMILES string of the molecule is CC(C)COc1c[nH]c(Cn2c(C(C)C)nc3sc4c(c3c2=O)CCC(C)C4)cc1=O. The Labute approximate surface area is 186 Å². The number of hydrogen-bond donors (Lipinski definition) is 1. The van der Waals surface area contributed by atoms with Gasteiger partial charge < -0.3 is 9.72 Å². The maximum atomic E-state index is 13.6. The number of aromatic nitrogens is 3. The van der Waals surface area contributed by atoms with E-state index in [1.165, 1.54) is 16.5 Å². The van der Waals surface area contributed by atoms with E-state index >= 15 is 0 Å². The van der Waals surface area contributed by atoms with Gasteiger partial charge in [-0.25, -0.2) is 4.98 Å². The molecule has 0 aliphatic heterocycles. The predicted molar refractivity (Wildman–Crippen MR) is 126 cm³/mol. The number of H-pyrrole nitrogens is 1. The number of pyridine rings is 1. The number of aryl methyl sites for hydroxylation is 1. The lowest BCUT2D eigenvalue weighted by molar-refractivity contribution is 0.267. The molecule has 1 N–H and O–H groups in total. The van der Waals surface area contributed by atoms with Crippen molar-refractivity contribution in [3.8, 4) is 5.75 Å². The third-order valence-electron chi connectivity index (χ3n) is 5.80. The van der Waals surface area contributed by atoms with Crippen molar-refractivity contribution in [3.63, 3.8) is 0 Å². The van der Waals surface area contributed by atoms with Crippen LogP contribution in [0, 0.1) is 11.8 Å². The maximum absolute atomic E-state index is 13.6. The smallest absolute Gasteiger partial charge is 0.262 e. The van der Waals surface area contributed by atoms with Crippen LogP contribution in [0.3, 0.4) is 0 Å². The number of fused-ring (bicyclic) bond motifs is 3. The molecule has 1 aliphatic rings. The van der Waals surface area contributed by atoms with Crippen LogP contribution in [0.2, 0.25) is 0 Å². The van der Waals surface area contributed by atoms with Crippen molar-refractivity contribution in [2.45, 2.75) is 66.3 Å². The fourth-order valence-electron chi connectivity index (χ4n) is 4.16. The van der Waals surface area contributed by atoms with Crippen molar-refractivity contribution < 1.29 is 4.74 Å². The summed E-state index contributed by atoms with van der Waals surface area (Å²) < 4.78 is 7.32. The average Bonchev–Trinajstić information content (AvgIpc) is 3.06. The minimum atomic E-state index is -0.176. The molecule has 0 spiro atoms. The van der Waals surface area contributed by atoms with E-state index in [0.29, 0.717) is 29.9 Å². The molecule has 4 rings (SSSR count).